The van der Waals surface area contributed by atoms with Crippen molar-refractivity contribution < 1.29 is 14.3 Å². The van der Waals surface area contributed by atoms with E-state index in [9.17, 15) is 4.79 Å². The van der Waals surface area contributed by atoms with Gasteiger partial charge in [-0.1, -0.05) is 12.1 Å². The summed E-state index contributed by atoms with van der Waals surface area (Å²) in [6.07, 6.45) is 1.25. The molecule has 118 valence electrons. The van der Waals surface area contributed by atoms with Gasteiger partial charge in [-0.05, 0) is 31.9 Å². The summed E-state index contributed by atoms with van der Waals surface area (Å²) in [5.74, 6) is 0.490. The normalized spacial score (nSPS) is 16.3. The van der Waals surface area contributed by atoms with Crippen LogP contribution in [0.25, 0.3) is 22.1 Å². The molecule has 6 heteroatoms. The van der Waals surface area contributed by atoms with Gasteiger partial charge >= 0.3 is 5.97 Å². The van der Waals surface area contributed by atoms with Gasteiger partial charge < -0.3 is 14.4 Å². The van der Waals surface area contributed by atoms with Gasteiger partial charge in [-0.2, -0.15) is 0 Å². The Labute approximate surface area is 132 Å². The van der Waals surface area contributed by atoms with Gasteiger partial charge in [0.15, 0.2) is 11.4 Å². The zero-order valence-corrected chi connectivity index (χ0v) is 12.8. The largest absolute Gasteiger partial charge is 0.481 e. The van der Waals surface area contributed by atoms with Crippen molar-refractivity contribution in [3.63, 3.8) is 0 Å². The molecule has 1 saturated heterocycles. The van der Waals surface area contributed by atoms with E-state index in [4.69, 9.17) is 9.52 Å². The first-order chi connectivity index (χ1) is 11.1. The minimum Gasteiger partial charge on any atom is -0.481 e. The number of para-hydroxylation sites is 1. The SMILES string of the molecule is Cc1nc(N2CCC(C(=O)O)CC2)c2oc3ccccc3c2n1. The van der Waals surface area contributed by atoms with Gasteiger partial charge in [0.1, 0.15) is 16.9 Å². The van der Waals surface area contributed by atoms with Crippen molar-refractivity contribution in [3.8, 4) is 0 Å². The van der Waals surface area contributed by atoms with Crippen molar-refractivity contribution in [1.29, 1.82) is 0 Å². The van der Waals surface area contributed by atoms with Crippen LogP contribution >= 0.6 is 0 Å². The van der Waals surface area contributed by atoms with E-state index in [2.05, 4.69) is 14.9 Å². The highest BCUT2D eigenvalue weighted by Crippen LogP contribution is 2.34. The standard InChI is InChI=1S/C17H17N3O3/c1-10-18-14-12-4-2-3-5-13(12)23-15(14)16(19-10)20-8-6-11(7-9-20)17(21)22/h2-5,11H,6-9H2,1H3,(H,21,22). The molecule has 0 unspecified atom stereocenters. The summed E-state index contributed by atoms with van der Waals surface area (Å²) in [6, 6.07) is 7.82. The summed E-state index contributed by atoms with van der Waals surface area (Å²) >= 11 is 0. The van der Waals surface area contributed by atoms with Gasteiger partial charge in [0.25, 0.3) is 0 Å². The number of hydrogen-bond donors (Lipinski definition) is 1. The average molecular weight is 311 g/mol. The van der Waals surface area contributed by atoms with Crippen molar-refractivity contribution in [2.45, 2.75) is 19.8 Å². The molecule has 0 amide bonds. The lowest BCUT2D eigenvalue weighted by molar-refractivity contribution is -0.142. The number of nitrogens with zero attached hydrogens (tertiary/aromatic N) is 3. The van der Waals surface area contributed by atoms with E-state index in [0.29, 0.717) is 37.3 Å². The molecule has 0 aliphatic carbocycles. The first-order valence-electron chi connectivity index (χ1n) is 7.77. The van der Waals surface area contributed by atoms with Gasteiger partial charge in [0.2, 0.25) is 0 Å². The van der Waals surface area contributed by atoms with E-state index in [1.54, 1.807) is 0 Å². The van der Waals surface area contributed by atoms with E-state index < -0.39 is 5.97 Å². The molecule has 1 aromatic carbocycles. The molecular formula is C17H17N3O3. The van der Waals surface area contributed by atoms with Crippen LogP contribution in [0.15, 0.2) is 28.7 Å². The molecule has 2 aromatic heterocycles. The number of piperidine rings is 1. The average Bonchev–Trinajstić information content (AvgIpc) is 2.93. The molecule has 1 aliphatic heterocycles. The van der Waals surface area contributed by atoms with Crippen LogP contribution in [0.3, 0.4) is 0 Å². The Morgan fingerprint density at radius 2 is 2.00 bits per heavy atom. The molecule has 4 rings (SSSR count). The van der Waals surface area contributed by atoms with Crippen LogP contribution in [0.4, 0.5) is 5.82 Å². The number of hydrogen-bond acceptors (Lipinski definition) is 5. The first kappa shape index (κ1) is 14.0. The second kappa shape index (κ2) is 5.22. The minimum absolute atomic E-state index is 0.264. The summed E-state index contributed by atoms with van der Waals surface area (Å²) < 4.78 is 5.98. The smallest absolute Gasteiger partial charge is 0.306 e. The highest BCUT2D eigenvalue weighted by molar-refractivity contribution is 6.05. The Kier molecular flexibility index (Phi) is 3.18. The van der Waals surface area contributed by atoms with Crippen LogP contribution in [-0.2, 0) is 4.79 Å². The van der Waals surface area contributed by atoms with Gasteiger partial charge in [0.05, 0.1) is 5.92 Å². The lowest BCUT2D eigenvalue weighted by atomic mass is 9.97. The Morgan fingerprint density at radius 3 is 2.74 bits per heavy atom. The van der Waals surface area contributed by atoms with E-state index in [0.717, 1.165) is 22.3 Å². The molecule has 0 spiro atoms. The van der Waals surface area contributed by atoms with Gasteiger partial charge in [0, 0.05) is 18.5 Å². The predicted molar refractivity (Wildman–Crippen MR) is 86.6 cm³/mol. The monoisotopic (exact) mass is 311 g/mol. The summed E-state index contributed by atoms with van der Waals surface area (Å²) in [6.45, 7) is 3.20. The summed E-state index contributed by atoms with van der Waals surface area (Å²) in [5, 5.41) is 10.1. The predicted octanol–water partition coefficient (Wildman–Crippen LogP) is 2.99. The number of rotatable bonds is 2. The zero-order valence-electron chi connectivity index (χ0n) is 12.8. The van der Waals surface area contributed by atoms with E-state index in [-0.39, 0.29) is 5.92 Å². The molecule has 0 radical (unpaired) electrons. The van der Waals surface area contributed by atoms with Crippen LogP contribution in [0.1, 0.15) is 18.7 Å². The third kappa shape index (κ3) is 2.30. The highest BCUT2D eigenvalue weighted by Gasteiger charge is 2.27. The molecule has 0 saturated carbocycles. The Hall–Kier alpha value is -2.63. The van der Waals surface area contributed by atoms with Crippen molar-refractivity contribution in [2.75, 3.05) is 18.0 Å². The number of fused-ring (bicyclic) bond motifs is 3. The van der Waals surface area contributed by atoms with Crippen LogP contribution in [0, 0.1) is 12.8 Å². The zero-order chi connectivity index (χ0) is 16.0. The molecule has 3 heterocycles. The van der Waals surface area contributed by atoms with E-state index in [1.165, 1.54) is 0 Å². The number of anilines is 1. The molecule has 23 heavy (non-hydrogen) atoms. The molecule has 1 N–H and O–H groups in total. The van der Waals surface area contributed by atoms with Crippen molar-refractivity contribution >= 4 is 33.9 Å². The van der Waals surface area contributed by atoms with Crippen LogP contribution in [0.5, 0.6) is 0 Å². The second-order valence-corrected chi connectivity index (χ2v) is 5.97. The fourth-order valence-electron chi connectivity index (χ4n) is 3.24. The molecule has 6 nitrogen and oxygen atoms in total. The molecule has 3 aromatic rings. The van der Waals surface area contributed by atoms with Crippen LogP contribution in [-0.4, -0.2) is 34.1 Å². The third-order valence-electron chi connectivity index (χ3n) is 4.46. The third-order valence-corrected chi connectivity index (χ3v) is 4.46. The van der Waals surface area contributed by atoms with Crippen LogP contribution in [0.2, 0.25) is 0 Å². The number of benzene rings is 1. The summed E-state index contributed by atoms with van der Waals surface area (Å²) in [5.41, 5.74) is 2.30. The first-order valence-corrected chi connectivity index (χ1v) is 7.77. The van der Waals surface area contributed by atoms with Gasteiger partial charge in [-0.3, -0.25) is 4.79 Å². The van der Waals surface area contributed by atoms with Crippen LogP contribution < -0.4 is 4.90 Å². The fourth-order valence-corrected chi connectivity index (χ4v) is 3.24. The Morgan fingerprint density at radius 1 is 1.26 bits per heavy atom. The van der Waals surface area contributed by atoms with Gasteiger partial charge in [-0.25, -0.2) is 9.97 Å². The molecule has 1 aliphatic rings. The molecule has 1 fully saturated rings. The number of aromatic nitrogens is 2. The number of carboxylic acid groups (broad SMARTS) is 1. The molecule has 0 bridgehead atoms. The Bertz CT molecular complexity index is 895. The van der Waals surface area contributed by atoms with Gasteiger partial charge in [-0.15, -0.1) is 0 Å². The highest BCUT2D eigenvalue weighted by atomic mass is 16.4. The lowest BCUT2D eigenvalue weighted by Crippen LogP contribution is -2.37. The summed E-state index contributed by atoms with van der Waals surface area (Å²) in [4.78, 5) is 22.3. The summed E-state index contributed by atoms with van der Waals surface area (Å²) in [7, 11) is 0. The fraction of sp³-hybridized carbons (Fsp3) is 0.353. The van der Waals surface area contributed by atoms with Crippen molar-refractivity contribution in [3.05, 3.63) is 30.1 Å². The number of aryl methyl sites for hydroxylation is 1. The lowest BCUT2D eigenvalue weighted by Gasteiger charge is -2.30. The van der Waals surface area contributed by atoms with E-state index in [1.807, 2.05) is 31.2 Å². The number of carboxylic acids is 1. The molecule has 0 atom stereocenters. The maximum Gasteiger partial charge on any atom is 0.306 e. The van der Waals surface area contributed by atoms with Crippen molar-refractivity contribution in [1.82, 2.24) is 9.97 Å². The number of aliphatic carboxylic acids is 1. The Balaban J connectivity index is 1.79. The minimum atomic E-state index is -0.711. The maximum absolute atomic E-state index is 11.1. The number of furan rings is 1. The number of carbonyl (C=O) groups is 1. The maximum atomic E-state index is 11.1. The van der Waals surface area contributed by atoms with E-state index >= 15 is 0 Å². The molecular weight excluding hydrogens is 294 g/mol. The second-order valence-electron chi connectivity index (χ2n) is 5.97. The van der Waals surface area contributed by atoms with Crippen molar-refractivity contribution in [2.24, 2.45) is 5.92 Å². The topological polar surface area (TPSA) is 79.5 Å². The quantitative estimate of drug-likeness (QED) is 0.783.